The molecule has 6 rings (SSSR count). The normalized spacial score (nSPS) is 16.1. The summed E-state index contributed by atoms with van der Waals surface area (Å²) in [5, 5.41) is 15.0. The average Bonchev–Trinajstić information content (AvgIpc) is 3.58. The summed E-state index contributed by atoms with van der Waals surface area (Å²) >= 11 is 0. The van der Waals surface area contributed by atoms with Gasteiger partial charge in [0.15, 0.2) is 5.82 Å². The first-order valence-electron chi connectivity index (χ1n) is 10.6. The Balaban J connectivity index is 1.59. The van der Waals surface area contributed by atoms with Gasteiger partial charge < -0.3 is 15.0 Å². The van der Waals surface area contributed by atoms with Crippen molar-refractivity contribution in [3.63, 3.8) is 0 Å². The van der Waals surface area contributed by atoms with E-state index in [4.69, 9.17) is 5.10 Å². The predicted octanol–water partition coefficient (Wildman–Crippen LogP) is 2.80. The number of aromatic carboxylic acids is 1. The number of rotatable bonds is 4. The highest BCUT2D eigenvalue weighted by atomic mass is 16.4. The summed E-state index contributed by atoms with van der Waals surface area (Å²) < 4.78 is 3.24. The summed E-state index contributed by atoms with van der Waals surface area (Å²) in [5.74, 6) is 0.0373. The number of H-pyrrole nitrogens is 1. The van der Waals surface area contributed by atoms with Crippen LogP contribution in [0.15, 0.2) is 66.0 Å². The molecule has 5 heterocycles. The number of carboxylic acids is 1. The van der Waals surface area contributed by atoms with Crippen molar-refractivity contribution < 1.29 is 9.90 Å². The first-order chi connectivity index (χ1) is 16.1. The molecule has 0 radical (unpaired) electrons. The first-order valence-corrected chi connectivity index (χ1v) is 10.6. The lowest BCUT2D eigenvalue weighted by atomic mass is 10.1. The van der Waals surface area contributed by atoms with E-state index in [9.17, 15) is 14.7 Å². The summed E-state index contributed by atoms with van der Waals surface area (Å²) in [6.45, 7) is 0.648. The Morgan fingerprint density at radius 3 is 2.79 bits per heavy atom. The molecule has 5 aromatic rings. The van der Waals surface area contributed by atoms with E-state index in [2.05, 4.69) is 15.0 Å². The predicted molar refractivity (Wildman–Crippen MR) is 121 cm³/mol. The van der Waals surface area contributed by atoms with E-state index < -0.39 is 5.97 Å². The number of nitrogens with one attached hydrogen (secondary N) is 1. The highest BCUT2D eigenvalue weighted by molar-refractivity contribution is 6.06. The Morgan fingerprint density at radius 2 is 1.97 bits per heavy atom. The van der Waals surface area contributed by atoms with E-state index in [0.717, 1.165) is 18.5 Å². The second kappa shape index (κ2) is 7.30. The molecule has 1 aliphatic rings. The minimum Gasteiger partial charge on any atom is -0.478 e. The zero-order valence-electron chi connectivity index (χ0n) is 17.4. The monoisotopic (exact) mass is 441 g/mol. The average molecular weight is 441 g/mol. The lowest BCUT2D eigenvalue weighted by Crippen LogP contribution is -2.33. The van der Waals surface area contributed by atoms with Crippen LogP contribution in [0.3, 0.4) is 0 Å². The van der Waals surface area contributed by atoms with Crippen LogP contribution < -0.4 is 10.5 Å². The van der Waals surface area contributed by atoms with Gasteiger partial charge >= 0.3 is 5.97 Å². The van der Waals surface area contributed by atoms with Crippen LogP contribution in [-0.2, 0) is 0 Å². The lowest BCUT2D eigenvalue weighted by Gasteiger charge is -2.27. The van der Waals surface area contributed by atoms with Crippen molar-refractivity contribution in [3.8, 4) is 5.69 Å². The molecule has 0 saturated carbocycles. The fourth-order valence-electron chi connectivity index (χ4n) is 4.67. The third-order valence-corrected chi connectivity index (χ3v) is 6.11. The van der Waals surface area contributed by atoms with Crippen molar-refractivity contribution >= 4 is 28.3 Å². The molecule has 1 unspecified atom stereocenters. The third kappa shape index (κ3) is 2.91. The molecule has 10 heteroatoms. The zero-order chi connectivity index (χ0) is 22.5. The summed E-state index contributed by atoms with van der Waals surface area (Å²) in [5.41, 5.74) is 1.61. The smallest absolute Gasteiger partial charge is 0.338 e. The largest absolute Gasteiger partial charge is 0.478 e. The number of anilines is 1. The van der Waals surface area contributed by atoms with Crippen molar-refractivity contribution in [2.75, 3.05) is 11.4 Å². The van der Waals surface area contributed by atoms with Gasteiger partial charge in [-0.3, -0.25) is 9.36 Å². The Labute approximate surface area is 186 Å². The molecule has 0 aliphatic carbocycles. The van der Waals surface area contributed by atoms with Crippen LogP contribution in [0.4, 0.5) is 5.82 Å². The van der Waals surface area contributed by atoms with Crippen molar-refractivity contribution in [1.29, 1.82) is 0 Å². The Hall–Kier alpha value is -4.47. The minimum absolute atomic E-state index is 0.112. The molecule has 1 aliphatic heterocycles. The van der Waals surface area contributed by atoms with Crippen molar-refractivity contribution in [2.45, 2.75) is 18.9 Å². The number of nitrogens with zero attached hydrogens (tertiary/aromatic N) is 6. The van der Waals surface area contributed by atoms with Gasteiger partial charge in [-0.15, -0.1) is 0 Å². The molecule has 1 fully saturated rings. The van der Waals surface area contributed by atoms with Gasteiger partial charge in [-0.2, -0.15) is 5.10 Å². The molecular weight excluding hydrogens is 422 g/mol. The standard InChI is InChI=1S/C23H19N7O3/c31-22-17-9-5-11-29(17)27-20(30(22)14-6-2-1-3-7-14)16-8-4-10-28(16)21-18-15(23(32)33)12-24-19(18)25-13-26-21/h1-3,5-7,9,11-13,16H,4,8,10H2,(H,32,33)(H,24,25,26). The maximum Gasteiger partial charge on any atom is 0.338 e. The molecule has 1 saturated heterocycles. The number of carbonyl (C=O) groups is 1. The van der Waals surface area contributed by atoms with Crippen LogP contribution in [0.5, 0.6) is 0 Å². The van der Waals surface area contributed by atoms with Crippen molar-refractivity contribution in [3.05, 3.63) is 82.9 Å². The topological polar surface area (TPSA) is 121 Å². The summed E-state index contributed by atoms with van der Waals surface area (Å²) in [7, 11) is 0. The van der Waals surface area contributed by atoms with E-state index in [-0.39, 0.29) is 17.2 Å². The quantitative estimate of drug-likeness (QED) is 0.440. The number of carboxylic acid groups (broad SMARTS) is 1. The molecule has 1 aromatic carbocycles. The number of hydrogen-bond donors (Lipinski definition) is 2. The maximum atomic E-state index is 13.5. The SMILES string of the molecule is O=C(O)c1c[nH]c2ncnc(N3CCCC3c3nn4cccc4c(=O)n3-c3ccccc3)c12. The summed E-state index contributed by atoms with van der Waals surface area (Å²) in [6.07, 6.45) is 6.19. The molecule has 0 spiro atoms. The molecule has 4 aromatic heterocycles. The molecule has 0 amide bonds. The number of benzene rings is 1. The third-order valence-electron chi connectivity index (χ3n) is 6.11. The maximum absolute atomic E-state index is 13.5. The van der Waals surface area contributed by atoms with Crippen molar-refractivity contribution in [1.82, 2.24) is 29.1 Å². The number of aromatic nitrogens is 6. The number of hydrogen-bond acceptors (Lipinski definition) is 6. The molecule has 164 valence electrons. The van der Waals surface area contributed by atoms with Gasteiger partial charge in [-0.05, 0) is 37.1 Å². The van der Waals surface area contributed by atoms with Gasteiger partial charge in [-0.25, -0.2) is 19.3 Å². The van der Waals surface area contributed by atoms with Crippen LogP contribution in [0.25, 0.3) is 22.2 Å². The number of para-hydroxylation sites is 1. The molecule has 0 bridgehead atoms. The second-order valence-corrected chi connectivity index (χ2v) is 7.95. The van der Waals surface area contributed by atoms with Crippen LogP contribution in [-0.4, -0.2) is 46.8 Å². The Bertz CT molecular complexity index is 1570. The van der Waals surface area contributed by atoms with Crippen molar-refractivity contribution in [2.24, 2.45) is 0 Å². The molecule has 10 nitrogen and oxygen atoms in total. The van der Waals surface area contributed by atoms with E-state index in [1.165, 1.54) is 12.5 Å². The number of fused-ring (bicyclic) bond motifs is 2. The molecular formula is C23H19N7O3. The molecule has 2 N–H and O–H groups in total. The summed E-state index contributed by atoms with van der Waals surface area (Å²) in [6, 6.07) is 12.7. The van der Waals surface area contributed by atoms with E-state index in [1.807, 2.05) is 35.2 Å². The fraction of sp³-hybridized carbons (Fsp3) is 0.174. The Morgan fingerprint density at radius 1 is 1.12 bits per heavy atom. The van der Waals surface area contributed by atoms with Crippen LogP contribution >= 0.6 is 0 Å². The fourth-order valence-corrected chi connectivity index (χ4v) is 4.67. The highest BCUT2D eigenvalue weighted by Gasteiger charge is 2.34. The Kier molecular flexibility index (Phi) is 4.25. The first kappa shape index (κ1) is 19.2. The second-order valence-electron chi connectivity index (χ2n) is 7.95. The molecule has 1 atom stereocenters. The highest BCUT2D eigenvalue weighted by Crippen LogP contribution is 2.38. The van der Waals surface area contributed by atoms with Gasteiger partial charge in [0.05, 0.1) is 22.7 Å². The van der Waals surface area contributed by atoms with Gasteiger partial charge in [0.1, 0.15) is 23.3 Å². The van der Waals surface area contributed by atoms with Gasteiger partial charge in [0.2, 0.25) is 0 Å². The van der Waals surface area contributed by atoms with Crippen LogP contribution in [0, 0.1) is 0 Å². The van der Waals surface area contributed by atoms with Gasteiger partial charge in [-0.1, -0.05) is 18.2 Å². The zero-order valence-corrected chi connectivity index (χ0v) is 17.4. The van der Waals surface area contributed by atoms with E-state index in [0.29, 0.717) is 34.7 Å². The lowest BCUT2D eigenvalue weighted by molar-refractivity contribution is 0.0699. The molecule has 33 heavy (non-hydrogen) atoms. The van der Waals surface area contributed by atoms with Crippen LogP contribution in [0.2, 0.25) is 0 Å². The summed E-state index contributed by atoms with van der Waals surface area (Å²) in [4.78, 5) is 39.0. The number of aromatic amines is 1. The van der Waals surface area contributed by atoms with E-state index >= 15 is 0 Å². The van der Waals surface area contributed by atoms with E-state index in [1.54, 1.807) is 27.4 Å². The van der Waals surface area contributed by atoms with Gasteiger partial charge in [0, 0.05) is 18.9 Å². The van der Waals surface area contributed by atoms with Gasteiger partial charge in [0.25, 0.3) is 5.56 Å². The minimum atomic E-state index is -1.05. The van der Waals surface area contributed by atoms with Crippen LogP contribution in [0.1, 0.15) is 35.1 Å².